The Labute approximate surface area is 128 Å². The van der Waals surface area contributed by atoms with Crippen molar-refractivity contribution in [1.82, 2.24) is 5.32 Å². The number of hydrogen-bond acceptors (Lipinski definition) is 4. The Morgan fingerprint density at radius 2 is 2.00 bits per heavy atom. The number of nitrogens with two attached hydrogens (primary N) is 1. The van der Waals surface area contributed by atoms with E-state index in [1.54, 1.807) is 0 Å². The van der Waals surface area contributed by atoms with Gasteiger partial charge in [0.2, 0.25) is 5.91 Å². The number of hydrogen-bond donors (Lipinski definition) is 2. The van der Waals surface area contributed by atoms with Crippen LogP contribution in [0.1, 0.15) is 40.0 Å². The van der Waals surface area contributed by atoms with Gasteiger partial charge in [0.1, 0.15) is 0 Å². The molecule has 1 atom stereocenters. The number of halogens is 1. The van der Waals surface area contributed by atoms with Crippen molar-refractivity contribution in [3.8, 4) is 0 Å². The fraction of sp³-hybridized carbons (Fsp3) is 0.929. The summed E-state index contributed by atoms with van der Waals surface area (Å²) in [6.07, 6.45) is 3.09. The first kappa shape index (κ1) is 19.6. The van der Waals surface area contributed by atoms with Crippen molar-refractivity contribution in [1.29, 1.82) is 0 Å². The van der Waals surface area contributed by atoms with Crippen LogP contribution in [-0.4, -0.2) is 44.4 Å². The van der Waals surface area contributed by atoms with Gasteiger partial charge in [-0.05, 0) is 24.7 Å². The zero-order valence-corrected chi connectivity index (χ0v) is 13.6. The third kappa shape index (κ3) is 7.43. The van der Waals surface area contributed by atoms with Crippen molar-refractivity contribution in [2.75, 3.05) is 26.4 Å². The summed E-state index contributed by atoms with van der Waals surface area (Å²) in [4.78, 5) is 11.8. The SMILES string of the molecule is CC(C)(C)[C@H](N)C(=O)NCCCOC1CCOCC1.Cl. The van der Waals surface area contributed by atoms with Crippen LogP contribution in [0.4, 0.5) is 0 Å². The second kappa shape index (κ2) is 9.55. The van der Waals surface area contributed by atoms with Gasteiger partial charge < -0.3 is 20.5 Å². The molecule has 0 bridgehead atoms. The van der Waals surface area contributed by atoms with E-state index < -0.39 is 6.04 Å². The van der Waals surface area contributed by atoms with Crippen molar-refractivity contribution >= 4 is 18.3 Å². The fourth-order valence-electron chi connectivity index (χ4n) is 1.88. The van der Waals surface area contributed by atoms with Gasteiger partial charge in [0.15, 0.2) is 0 Å². The lowest BCUT2D eigenvalue weighted by Crippen LogP contribution is -2.48. The van der Waals surface area contributed by atoms with E-state index in [1.807, 2.05) is 20.8 Å². The summed E-state index contributed by atoms with van der Waals surface area (Å²) in [6, 6.07) is -0.469. The van der Waals surface area contributed by atoms with Crippen LogP contribution in [0.25, 0.3) is 0 Å². The van der Waals surface area contributed by atoms with Crippen molar-refractivity contribution in [2.45, 2.75) is 52.2 Å². The quantitative estimate of drug-likeness (QED) is 0.729. The molecule has 1 heterocycles. The molecule has 0 saturated carbocycles. The number of rotatable bonds is 6. The van der Waals surface area contributed by atoms with Crippen molar-refractivity contribution < 1.29 is 14.3 Å². The Balaban J connectivity index is 0.00000361. The zero-order chi connectivity index (χ0) is 14.3. The molecule has 120 valence electrons. The van der Waals surface area contributed by atoms with Crippen LogP contribution in [0.15, 0.2) is 0 Å². The Hall–Kier alpha value is -0.360. The highest BCUT2D eigenvalue weighted by molar-refractivity contribution is 5.85. The van der Waals surface area contributed by atoms with Crippen LogP contribution in [0.2, 0.25) is 0 Å². The lowest BCUT2D eigenvalue weighted by molar-refractivity contribution is -0.124. The molecule has 1 aliphatic heterocycles. The molecule has 6 heteroatoms. The summed E-state index contributed by atoms with van der Waals surface area (Å²) >= 11 is 0. The minimum absolute atomic E-state index is 0. The molecule has 0 spiro atoms. The molecule has 0 aliphatic carbocycles. The third-order valence-corrected chi connectivity index (χ3v) is 3.36. The molecule has 0 aromatic heterocycles. The number of ether oxygens (including phenoxy) is 2. The Morgan fingerprint density at radius 1 is 1.40 bits per heavy atom. The molecule has 1 saturated heterocycles. The van der Waals surface area contributed by atoms with Gasteiger partial charge in [-0.25, -0.2) is 0 Å². The topological polar surface area (TPSA) is 73.6 Å². The highest BCUT2D eigenvalue weighted by Gasteiger charge is 2.26. The van der Waals surface area contributed by atoms with Gasteiger partial charge in [0, 0.05) is 26.4 Å². The van der Waals surface area contributed by atoms with Crippen LogP contribution in [0, 0.1) is 5.41 Å². The minimum Gasteiger partial charge on any atom is -0.381 e. The first-order valence-electron chi connectivity index (χ1n) is 7.14. The van der Waals surface area contributed by atoms with E-state index in [-0.39, 0.29) is 23.7 Å². The first-order valence-corrected chi connectivity index (χ1v) is 7.14. The van der Waals surface area contributed by atoms with Gasteiger partial charge in [-0.3, -0.25) is 4.79 Å². The van der Waals surface area contributed by atoms with Gasteiger partial charge >= 0.3 is 0 Å². The monoisotopic (exact) mass is 308 g/mol. The van der Waals surface area contributed by atoms with E-state index >= 15 is 0 Å². The molecule has 1 rings (SSSR count). The molecular formula is C14H29ClN2O3. The largest absolute Gasteiger partial charge is 0.381 e. The second-order valence-corrected chi connectivity index (χ2v) is 6.17. The first-order chi connectivity index (χ1) is 8.91. The van der Waals surface area contributed by atoms with E-state index in [0.29, 0.717) is 19.3 Å². The smallest absolute Gasteiger partial charge is 0.237 e. The standard InChI is InChI=1S/C14H28N2O3.ClH/c1-14(2,3)12(15)13(17)16-7-4-8-19-11-5-9-18-10-6-11;/h11-12H,4-10,15H2,1-3H3,(H,16,17);1H/t12-;/m1./s1. The predicted molar refractivity (Wildman–Crippen MR) is 82.1 cm³/mol. The molecular weight excluding hydrogens is 280 g/mol. The lowest BCUT2D eigenvalue weighted by Gasteiger charge is -2.26. The molecule has 5 nitrogen and oxygen atoms in total. The number of nitrogens with one attached hydrogen (secondary N) is 1. The normalized spacial score (nSPS) is 18.2. The highest BCUT2D eigenvalue weighted by atomic mass is 35.5. The number of carbonyl (C=O) groups excluding carboxylic acids is 1. The Kier molecular flexibility index (Phi) is 9.38. The van der Waals surface area contributed by atoms with Crippen LogP contribution in [0.5, 0.6) is 0 Å². The van der Waals surface area contributed by atoms with Crippen molar-refractivity contribution in [2.24, 2.45) is 11.1 Å². The van der Waals surface area contributed by atoms with Crippen molar-refractivity contribution in [3.63, 3.8) is 0 Å². The second-order valence-electron chi connectivity index (χ2n) is 6.17. The van der Waals surface area contributed by atoms with Crippen molar-refractivity contribution in [3.05, 3.63) is 0 Å². The Morgan fingerprint density at radius 3 is 2.55 bits per heavy atom. The lowest BCUT2D eigenvalue weighted by atomic mass is 9.87. The van der Waals surface area contributed by atoms with E-state index in [2.05, 4.69) is 5.32 Å². The van der Waals surface area contributed by atoms with Crippen LogP contribution in [-0.2, 0) is 14.3 Å². The van der Waals surface area contributed by atoms with Gasteiger partial charge in [-0.2, -0.15) is 0 Å². The number of carbonyl (C=O) groups is 1. The predicted octanol–water partition coefficient (Wildman–Crippen LogP) is 1.48. The average Bonchev–Trinajstić information content (AvgIpc) is 2.37. The molecule has 0 unspecified atom stereocenters. The summed E-state index contributed by atoms with van der Waals surface area (Å²) in [5, 5.41) is 2.86. The molecule has 0 aromatic carbocycles. The molecule has 1 amide bonds. The van der Waals surface area contributed by atoms with Gasteiger partial charge in [-0.1, -0.05) is 20.8 Å². The molecule has 20 heavy (non-hydrogen) atoms. The Bertz CT molecular complexity index is 276. The van der Waals surface area contributed by atoms with Gasteiger partial charge in [0.25, 0.3) is 0 Å². The molecule has 0 aromatic rings. The summed E-state index contributed by atoms with van der Waals surface area (Å²) in [6.45, 7) is 8.77. The average molecular weight is 309 g/mol. The maximum atomic E-state index is 11.8. The third-order valence-electron chi connectivity index (χ3n) is 3.36. The fourth-order valence-corrected chi connectivity index (χ4v) is 1.88. The van der Waals surface area contributed by atoms with Crippen LogP contribution < -0.4 is 11.1 Å². The molecule has 0 radical (unpaired) electrons. The van der Waals surface area contributed by atoms with E-state index in [0.717, 1.165) is 32.5 Å². The van der Waals surface area contributed by atoms with E-state index in [4.69, 9.17) is 15.2 Å². The maximum absolute atomic E-state index is 11.8. The van der Waals surface area contributed by atoms with Crippen LogP contribution in [0.3, 0.4) is 0 Å². The van der Waals surface area contributed by atoms with Gasteiger partial charge in [-0.15, -0.1) is 12.4 Å². The van der Waals surface area contributed by atoms with Gasteiger partial charge in [0.05, 0.1) is 12.1 Å². The van der Waals surface area contributed by atoms with E-state index in [1.165, 1.54) is 0 Å². The molecule has 1 aliphatic rings. The van der Waals surface area contributed by atoms with Crippen LogP contribution >= 0.6 is 12.4 Å². The summed E-state index contributed by atoms with van der Waals surface area (Å²) in [5.74, 6) is -0.0847. The maximum Gasteiger partial charge on any atom is 0.237 e. The summed E-state index contributed by atoms with van der Waals surface area (Å²) in [5.41, 5.74) is 5.66. The zero-order valence-electron chi connectivity index (χ0n) is 12.8. The molecule has 3 N–H and O–H groups in total. The highest BCUT2D eigenvalue weighted by Crippen LogP contribution is 2.17. The molecule has 1 fully saturated rings. The summed E-state index contributed by atoms with van der Waals surface area (Å²) < 4.78 is 11.0. The minimum atomic E-state index is -0.469. The summed E-state index contributed by atoms with van der Waals surface area (Å²) in [7, 11) is 0. The van der Waals surface area contributed by atoms with E-state index in [9.17, 15) is 4.79 Å². The number of amides is 1.